The maximum absolute atomic E-state index is 12.3. The summed E-state index contributed by atoms with van der Waals surface area (Å²) in [6.07, 6.45) is 5.14. The lowest BCUT2D eigenvalue weighted by atomic mass is 10.1. The van der Waals surface area contributed by atoms with Gasteiger partial charge in [0.2, 0.25) is 0 Å². The Kier molecular flexibility index (Phi) is 3.75. The number of aryl methyl sites for hydroxylation is 1. The molecule has 0 aliphatic heterocycles. The van der Waals surface area contributed by atoms with Crippen LogP contribution in [0, 0.1) is 6.92 Å². The quantitative estimate of drug-likeness (QED) is 0.800. The Morgan fingerprint density at radius 1 is 1.24 bits per heavy atom. The lowest BCUT2D eigenvalue weighted by Gasteiger charge is -2.08. The van der Waals surface area contributed by atoms with Crippen molar-refractivity contribution in [2.45, 2.75) is 6.92 Å². The number of hydrogen-bond donors (Lipinski definition) is 1. The number of carbonyl (C=O) groups excluding carboxylic acids is 1. The van der Waals surface area contributed by atoms with E-state index in [0.717, 1.165) is 21.8 Å². The van der Waals surface area contributed by atoms with E-state index in [0.29, 0.717) is 5.56 Å². The second kappa shape index (κ2) is 5.85. The van der Waals surface area contributed by atoms with Crippen LogP contribution in [0.25, 0.3) is 10.6 Å². The van der Waals surface area contributed by atoms with Crippen LogP contribution in [0.15, 0.2) is 54.3 Å². The van der Waals surface area contributed by atoms with Crippen molar-refractivity contribution in [2.75, 3.05) is 5.32 Å². The largest absolute Gasteiger partial charge is 0.322 e. The standard InChI is InChI=1S/C16H13N3OS/c1-11-10-17-6-5-14(11)19-15(20)12-3-2-4-13(9-12)16-18-7-8-21-16/h2-10H,1H3,(H,17,19,20). The van der Waals surface area contributed by atoms with Gasteiger partial charge in [-0.2, -0.15) is 0 Å². The monoisotopic (exact) mass is 295 g/mol. The summed E-state index contributed by atoms with van der Waals surface area (Å²) in [4.78, 5) is 20.6. The molecule has 21 heavy (non-hydrogen) atoms. The first-order valence-electron chi connectivity index (χ1n) is 6.46. The molecular formula is C16H13N3OS. The average molecular weight is 295 g/mol. The van der Waals surface area contributed by atoms with Crippen LogP contribution in [-0.2, 0) is 0 Å². The Morgan fingerprint density at radius 2 is 2.14 bits per heavy atom. The van der Waals surface area contributed by atoms with Gasteiger partial charge in [0.15, 0.2) is 0 Å². The fourth-order valence-corrected chi connectivity index (χ4v) is 2.60. The molecule has 0 aliphatic carbocycles. The maximum atomic E-state index is 12.3. The minimum absolute atomic E-state index is 0.136. The van der Waals surface area contributed by atoms with E-state index in [1.807, 2.05) is 30.5 Å². The van der Waals surface area contributed by atoms with E-state index in [4.69, 9.17) is 0 Å². The molecule has 1 amide bonds. The Hall–Kier alpha value is -2.53. The van der Waals surface area contributed by atoms with E-state index < -0.39 is 0 Å². The van der Waals surface area contributed by atoms with Gasteiger partial charge in [0.1, 0.15) is 5.01 Å². The number of amides is 1. The highest BCUT2D eigenvalue weighted by molar-refractivity contribution is 7.13. The number of aromatic nitrogens is 2. The maximum Gasteiger partial charge on any atom is 0.255 e. The molecule has 0 unspecified atom stereocenters. The summed E-state index contributed by atoms with van der Waals surface area (Å²) in [6.45, 7) is 1.91. The van der Waals surface area contributed by atoms with Crippen LogP contribution in [0.2, 0.25) is 0 Å². The molecule has 0 saturated heterocycles. The van der Waals surface area contributed by atoms with Gasteiger partial charge in [0.25, 0.3) is 5.91 Å². The summed E-state index contributed by atoms with van der Waals surface area (Å²) < 4.78 is 0. The highest BCUT2D eigenvalue weighted by atomic mass is 32.1. The highest BCUT2D eigenvalue weighted by Gasteiger charge is 2.09. The number of carbonyl (C=O) groups is 1. The van der Waals surface area contributed by atoms with E-state index in [1.54, 1.807) is 42.1 Å². The van der Waals surface area contributed by atoms with Gasteiger partial charge in [-0.15, -0.1) is 11.3 Å². The van der Waals surface area contributed by atoms with E-state index >= 15 is 0 Å². The van der Waals surface area contributed by atoms with Gasteiger partial charge in [-0.05, 0) is 30.7 Å². The summed E-state index contributed by atoms with van der Waals surface area (Å²) in [5.41, 5.74) is 3.26. The van der Waals surface area contributed by atoms with Crippen molar-refractivity contribution in [2.24, 2.45) is 0 Å². The fourth-order valence-electron chi connectivity index (χ4n) is 1.97. The number of pyridine rings is 1. The number of benzene rings is 1. The SMILES string of the molecule is Cc1cnccc1NC(=O)c1cccc(-c2nccs2)c1. The van der Waals surface area contributed by atoms with Gasteiger partial charge in [0, 0.05) is 40.8 Å². The Balaban J connectivity index is 1.85. The van der Waals surface area contributed by atoms with Crippen LogP contribution in [0.3, 0.4) is 0 Å². The highest BCUT2D eigenvalue weighted by Crippen LogP contribution is 2.23. The summed E-state index contributed by atoms with van der Waals surface area (Å²) in [5, 5.41) is 5.73. The first-order valence-corrected chi connectivity index (χ1v) is 7.34. The van der Waals surface area contributed by atoms with Crippen molar-refractivity contribution in [1.82, 2.24) is 9.97 Å². The van der Waals surface area contributed by atoms with Crippen molar-refractivity contribution < 1.29 is 4.79 Å². The summed E-state index contributed by atoms with van der Waals surface area (Å²) in [7, 11) is 0. The van der Waals surface area contributed by atoms with E-state index in [1.165, 1.54) is 0 Å². The van der Waals surface area contributed by atoms with Gasteiger partial charge in [-0.1, -0.05) is 12.1 Å². The van der Waals surface area contributed by atoms with Crippen molar-refractivity contribution in [3.63, 3.8) is 0 Å². The van der Waals surface area contributed by atoms with Crippen LogP contribution < -0.4 is 5.32 Å². The Labute approximate surface area is 126 Å². The third kappa shape index (κ3) is 2.98. The molecule has 5 heteroatoms. The number of thiazole rings is 1. The van der Waals surface area contributed by atoms with Gasteiger partial charge in [0.05, 0.1) is 0 Å². The zero-order valence-electron chi connectivity index (χ0n) is 11.4. The number of hydrogen-bond acceptors (Lipinski definition) is 4. The molecule has 2 heterocycles. The summed E-state index contributed by atoms with van der Waals surface area (Å²) >= 11 is 1.55. The zero-order chi connectivity index (χ0) is 14.7. The van der Waals surface area contributed by atoms with Gasteiger partial charge in [-0.25, -0.2) is 4.98 Å². The minimum Gasteiger partial charge on any atom is -0.322 e. The van der Waals surface area contributed by atoms with E-state index in [-0.39, 0.29) is 5.91 Å². The van der Waals surface area contributed by atoms with E-state index in [2.05, 4.69) is 15.3 Å². The van der Waals surface area contributed by atoms with Crippen LogP contribution >= 0.6 is 11.3 Å². The molecule has 0 radical (unpaired) electrons. The number of nitrogens with one attached hydrogen (secondary N) is 1. The molecule has 3 aromatic rings. The lowest BCUT2D eigenvalue weighted by molar-refractivity contribution is 0.102. The molecule has 0 aliphatic rings. The van der Waals surface area contributed by atoms with Crippen molar-refractivity contribution >= 4 is 22.9 Å². The number of nitrogens with zero attached hydrogens (tertiary/aromatic N) is 2. The molecule has 0 atom stereocenters. The third-order valence-corrected chi connectivity index (χ3v) is 3.89. The smallest absolute Gasteiger partial charge is 0.255 e. The molecule has 1 N–H and O–H groups in total. The molecule has 104 valence electrons. The van der Waals surface area contributed by atoms with Crippen LogP contribution in [0.1, 0.15) is 15.9 Å². The molecular weight excluding hydrogens is 282 g/mol. The lowest BCUT2D eigenvalue weighted by Crippen LogP contribution is -2.12. The summed E-state index contributed by atoms with van der Waals surface area (Å²) in [5.74, 6) is -0.136. The van der Waals surface area contributed by atoms with Crippen LogP contribution in [0.5, 0.6) is 0 Å². The van der Waals surface area contributed by atoms with Crippen LogP contribution in [-0.4, -0.2) is 15.9 Å². The van der Waals surface area contributed by atoms with Crippen molar-refractivity contribution in [1.29, 1.82) is 0 Å². The molecule has 3 rings (SSSR count). The second-order valence-electron chi connectivity index (χ2n) is 4.56. The summed E-state index contributed by atoms with van der Waals surface area (Å²) in [6, 6.07) is 9.25. The first kappa shape index (κ1) is 13.5. The molecule has 2 aromatic heterocycles. The van der Waals surface area contributed by atoms with Crippen molar-refractivity contribution in [3.8, 4) is 10.6 Å². The average Bonchev–Trinajstić information content (AvgIpc) is 3.04. The predicted octanol–water partition coefficient (Wildman–Crippen LogP) is 3.77. The Bertz CT molecular complexity index is 769. The predicted molar refractivity (Wildman–Crippen MR) is 84.5 cm³/mol. The fraction of sp³-hybridized carbons (Fsp3) is 0.0625. The van der Waals surface area contributed by atoms with Gasteiger partial charge < -0.3 is 5.32 Å². The topological polar surface area (TPSA) is 54.9 Å². The van der Waals surface area contributed by atoms with Crippen molar-refractivity contribution in [3.05, 3.63) is 65.4 Å². The molecule has 1 aromatic carbocycles. The van der Waals surface area contributed by atoms with Crippen LogP contribution in [0.4, 0.5) is 5.69 Å². The molecule has 0 spiro atoms. The zero-order valence-corrected chi connectivity index (χ0v) is 12.2. The number of anilines is 1. The third-order valence-electron chi connectivity index (χ3n) is 3.07. The molecule has 0 fully saturated rings. The Morgan fingerprint density at radius 3 is 2.90 bits per heavy atom. The van der Waals surface area contributed by atoms with Gasteiger partial charge >= 0.3 is 0 Å². The first-order chi connectivity index (χ1) is 10.2. The number of rotatable bonds is 3. The molecule has 0 saturated carbocycles. The van der Waals surface area contributed by atoms with E-state index in [9.17, 15) is 4.79 Å². The normalized spacial score (nSPS) is 10.3. The molecule has 4 nitrogen and oxygen atoms in total. The second-order valence-corrected chi connectivity index (χ2v) is 5.46. The minimum atomic E-state index is -0.136. The molecule has 0 bridgehead atoms. The van der Waals surface area contributed by atoms with Gasteiger partial charge in [-0.3, -0.25) is 9.78 Å².